The normalized spacial score (nSPS) is 11.9. The molecule has 0 saturated carbocycles. The summed E-state index contributed by atoms with van der Waals surface area (Å²) in [4.78, 5) is 12.0. The number of anilines is 2. The molecule has 2 N–H and O–H groups in total. The molecule has 8 nitrogen and oxygen atoms in total. The number of hydrogen-bond acceptors (Lipinski definition) is 6. The zero-order valence-electron chi connectivity index (χ0n) is 16.1. The Kier molecular flexibility index (Phi) is 4.25. The van der Waals surface area contributed by atoms with E-state index >= 15 is 0 Å². The van der Waals surface area contributed by atoms with Crippen molar-refractivity contribution in [2.45, 2.75) is 11.8 Å². The minimum Gasteiger partial charge on any atom is -0.345 e. The molecule has 0 amide bonds. The van der Waals surface area contributed by atoms with Crippen LogP contribution in [0.25, 0.3) is 27.8 Å². The van der Waals surface area contributed by atoms with E-state index in [1.807, 2.05) is 36.4 Å². The van der Waals surface area contributed by atoms with Gasteiger partial charge in [0.1, 0.15) is 0 Å². The molecule has 30 heavy (non-hydrogen) atoms. The minimum atomic E-state index is -3.29. The second kappa shape index (κ2) is 6.96. The fourth-order valence-electron chi connectivity index (χ4n) is 3.34. The smallest absolute Gasteiger partial charge is 0.245 e. The number of imidazole rings is 1. The molecular formula is C21H18N6O2S. The maximum atomic E-state index is 12.3. The molecule has 0 fully saturated rings. The van der Waals surface area contributed by atoms with Gasteiger partial charge in [-0.3, -0.25) is 0 Å². The molecule has 0 unspecified atom stereocenters. The number of rotatable bonds is 5. The van der Waals surface area contributed by atoms with Crippen molar-refractivity contribution < 1.29 is 8.42 Å². The largest absolute Gasteiger partial charge is 0.345 e. The summed E-state index contributed by atoms with van der Waals surface area (Å²) >= 11 is 0. The summed E-state index contributed by atoms with van der Waals surface area (Å²) < 4.78 is 26.3. The SMILES string of the molecule is CCS(=O)(=O)c1cccc(-c2ccc3cnc(Nc4ccc5nc[nH]c5c4)nn23)c1. The van der Waals surface area contributed by atoms with Crippen molar-refractivity contribution in [2.75, 3.05) is 11.1 Å². The van der Waals surface area contributed by atoms with Crippen LogP contribution in [0.2, 0.25) is 0 Å². The zero-order chi connectivity index (χ0) is 20.7. The lowest BCUT2D eigenvalue weighted by Crippen LogP contribution is -2.04. The van der Waals surface area contributed by atoms with Crippen molar-refractivity contribution >= 4 is 38.0 Å². The number of sulfone groups is 1. The third kappa shape index (κ3) is 3.18. The zero-order valence-corrected chi connectivity index (χ0v) is 16.9. The van der Waals surface area contributed by atoms with Crippen LogP contribution in [0.15, 0.2) is 72.0 Å². The van der Waals surface area contributed by atoms with Crippen LogP contribution in [0.1, 0.15) is 6.92 Å². The van der Waals surface area contributed by atoms with Gasteiger partial charge in [-0.2, -0.15) is 0 Å². The van der Waals surface area contributed by atoms with Gasteiger partial charge in [0.15, 0.2) is 9.84 Å². The number of hydrogen-bond donors (Lipinski definition) is 2. The first kappa shape index (κ1) is 18.3. The number of fused-ring (bicyclic) bond motifs is 2. The molecule has 3 heterocycles. The van der Waals surface area contributed by atoms with Gasteiger partial charge in [0.05, 0.1) is 45.4 Å². The third-order valence-corrected chi connectivity index (χ3v) is 6.68. The highest BCUT2D eigenvalue weighted by molar-refractivity contribution is 7.91. The van der Waals surface area contributed by atoms with Gasteiger partial charge in [-0.25, -0.2) is 22.9 Å². The van der Waals surface area contributed by atoms with E-state index in [1.54, 1.807) is 42.2 Å². The number of nitrogens with zero attached hydrogens (tertiary/aromatic N) is 4. The molecule has 150 valence electrons. The molecule has 9 heteroatoms. The Morgan fingerprint density at radius 3 is 2.83 bits per heavy atom. The van der Waals surface area contributed by atoms with Gasteiger partial charge >= 0.3 is 0 Å². The van der Waals surface area contributed by atoms with E-state index in [9.17, 15) is 8.42 Å². The first-order valence-electron chi connectivity index (χ1n) is 9.42. The molecule has 0 aliphatic carbocycles. The van der Waals surface area contributed by atoms with Gasteiger partial charge in [-0.15, -0.1) is 5.10 Å². The van der Waals surface area contributed by atoms with E-state index < -0.39 is 9.84 Å². The fraction of sp³-hybridized carbons (Fsp3) is 0.0952. The number of aromatic nitrogens is 5. The van der Waals surface area contributed by atoms with E-state index in [0.29, 0.717) is 10.8 Å². The lowest BCUT2D eigenvalue weighted by molar-refractivity contribution is 0.597. The van der Waals surface area contributed by atoms with Crippen molar-refractivity contribution in [1.82, 2.24) is 24.6 Å². The Morgan fingerprint density at radius 2 is 1.97 bits per heavy atom. The topological polar surface area (TPSA) is 105 Å². The molecule has 0 saturated heterocycles. The molecule has 0 bridgehead atoms. The quantitative estimate of drug-likeness (QED) is 0.450. The number of benzene rings is 2. The monoisotopic (exact) mass is 418 g/mol. The third-order valence-electron chi connectivity index (χ3n) is 4.94. The maximum Gasteiger partial charge on any atom is 0.245 e. The Morgan fingerprint density at radius 1 is 1.07 bits per heavy atom. The maximum absolute atomic E-state index is 12.3. The fourth-order valence-corrected chi connectivity index (χ4v) is 4.26. The molecule has 0 aliphatic rings. The molecule has 2 aromatic carbocycles. The van der Waals surface area contributed by atoms with E-state index in [-0.39, 0.29) is 5.75 Å². The minimum absolute atomic E-state index is 0.0578. The average Bonchev–Trinajstić information content (AvgIpc) is 3.40. The van der Waals surface area contributed by atoms with Crippen LogP contribution in [0.5, 0.6) is 0 Å². The second-order valence-corrected chi connectivity index (χ2v) is 9.11. The highest BCUT2D eigenvalue weighted by Crippen LogP contribution is 2.26. The molecule has 0 spiro atoms. The summed E-state index contributed by atoms with van der Waals surface area (Å²) in [6.45, 7) is 1.64. The van der Waals surface area contributed by atoms with Crippen LogP contribution in [0.4, 0.5) is 11.6 Å². The molecule has 5 rings (SSSR count). The van der Waals surface area contributed by atoms with Gasteiger partial charge < -0.3 is 10.3 Å². The van der Waals surface area contributed by atoms with Crippen LogP contribution in [0, 0.1) is 0 Å². The summed E-state index contributed by atoms with van der Waals surface area (Å²) in [6.07, 6.45) is 3.37. The van der Waals surface area contributed by atoms with E-state index in [0.717, 1.165) is 33.5 Å². The van der Waals surface area contributed by atoms with Crippen molar-refractivity contribution in [3.63, 3.8) is 0 Å². The van der Waals surface area contributed by atoms with Crippen molar-refractivity contribution in [3.8, 4) is 11.3 Å². The van der Waals surface area contributed by atoms with Gasteiger partial charge in [0, 0.05) is 11.3 Å². The van der Waals surface area contributed by atoms with Gasteiger partial charge in [-0.1, -0.05) is 19.1 Å². The first-order valence-corrected chi connectivity index (χ1v) is 11.1. The first-order chi connectivity index (χ1) is 14.5. The van der Waals surface area contributed by atoms with Crippen LogP contribution < -0.4 is 5.32 Å². The predicted octanol–water partition coefficient (Wildman–Crippen LogP) is 3.81. The Hall–Kier alpha value is -3.72. The predicted molar refractivity (Wildman–Crippen MR) is 116 cm³/mol. The number of aromatic amines is 1. The van der Waals surface area contributed by atoms with Gasteiger partial charge in [0.25, 0.3) is 0 Å². The van der Waals surface area contributed by atoms with Crippen LogP contribution in [0.3, 0.4) is 0 Å². The van der Waals surface area contributed by atoms with Crippen LogP contribution in [-0.4, -0.2) is 38.7 Å². The summed E-state index contributed by atoms with van der Waals surface area (Å²) in [7, 11) is -3.29. The molecule has 3 aromatic heterocycles. The average molecular weight is 418 g/mol. The van der Waals surface area contributed by atoms with E-state index in [2.05, 4.69) is 25.4 Å². The molecule has 0 aliphatic heterocycles. The van der Waals surface area contributed by atoms with Gasteiger partial charge in [-0.05, 0) is 42.5 Å². The van der Waals surface area contributed by atoms with Crippen LogP contribution >= 0.6 is 0 Å². The van der Waals surface area contributed by atoms with Crippen LogP contribution in [-0.2, 0) is 9.84 Å². The molecule has 5 aromatic rings. The van der Waals surface area contributed by atoms with Crippen molar-refractivity contribution in [3.05, 3.63) is 67.1 Å². The van der Waals surface area contributed by atoms with Crippen molar-refractivity contribution in [1.29, 1.82) is 0 Å². The Balaban J connectivity index is 1.54. The molecule has 0 radical (unpaired) electrons. The lowest BCUT2D eigenvalue weighted by Gasteiger charge is -2.08. The molecular weight excluding hydrogens is 400 g/mol. The summed E-state index contributed by atoms with van der Waals surface area (Å²) in [5.41, 5.74) is 4.99. The summed E-state index contributed by atoms with van der Waals surface area (Å²) in [5.74, 6) is 0.485. The van der Waals surface area contributed by atoms with E-state index in [4.69, 9.17) is 0 Å². The Bertz CT molecular complexity index is 1490. The van der Waals surface area contributed by atoms with Crippen molar-refractivity contribution in [2.24, 2.45) is 0 Å². The lowest BCUT2D eigenvalue weighted by atomic mass is 10.2. The number of nitrogens with one attached hydrogen (secondary N) is 2. The summed E-state index contributed by atoms with van der Waals surface area (Å²) in [5, 5.41) is 7.81. The second-order valence-electron chi connectivity index (χ2n) is 6.83. The van der Waals surface area contributed by atoms with E-state index in [1.165, 1.54) is 0 Å². The summed E-state index contributed by atoms with van der Waals surface area (Å²) in [6, 6.07) is 16.5. The number of H-pyrrole nitrogens is 1. The highest BCUT2D eigenvalue weighted by atomic mass is 32.2. The molecule has 0 atom stereocenters. The highest BCUT2D eigenvalue weighted by Gasteiger charge is 2.14. The van der Waals surface area contributed by atoms with Gasteiger partial charge in [0.2, 0.25) is 5.95 Å². The standard InChI is InChI=1S/C21H18N6O2S/c1-2-30(28,29)17-5-3-4-14(10-17)20-9-7-16-12-22-21(26-27(16)20)25-15-6-8-18-19(11-15)24-13-23-18/h3-13H,2H2,1H3,(H,23,24)(H,25,26). The Labute approximate surface area is 172 Å².